The van der Waals surface area contributed by atoms with E-state index in [1.54, 1.807) is 19.5 Å². The number of fused-ring (bicyclic) bond motifs is 1. The molecule has 1 fully saturated rings. The number of amides is 1. The first-order valence-electron chi connectivity index (χ1n) is 8.51. The second kappa shape index (κ2) is 7.25. The summed E-state index contributed by atoms with van der Waals surface area (Å²) in [4.78, 5) is 27.9. The summed E-state index contributed by atoms with van der Waals surface area (Å²) in [6.07, 6.45) is 5.52. The fraction of sp³-hybridized carbons (Fsp3) is 0.333. The number of nitrogens with zero attached hydrogens (tertiary/aromatic N) is 4. The number of methoxy groups -OCH3 is 1. The molecular formula is C18H19N5O2S. The number of likely N-dealkylation sites (tertiary alicyclic amines) is 1. The van der Waals surface area contributed by atoms with Gasteiger partial charge in [-0.1, -0.05) is 0 Å². The predicted octanol–water partition coefficient (Wildman–Crippen LogP) is 2.94. The standard InChI is InChI=1S/C18H19N5O2S/c1-25-13-8-12(9-19-11-13)10-20-18-21-14-4-7-26-16(14)15(22-18)17(24)23-5-2-3-6-23/h4,7-9,11H,2-3,5-6,10H2,1H3,(H,20,21,22). The van der Waals surface area contributed by atoms with Gasteiger partial charge >= 0.3 is 0 Å². The number of aromatic nitrogens is 3. The van der Waals surface area contributed by atoms with Gasteiger partial charge in [0.05, 0.1) is 23.5 Å². The number of carbonyl (C=O) groups excluding carboxylic acids is 1. The molecule has 0 aromatic carbocycles. The zero-order valence-corrected chi connectivity index (χ0v) is 15.3. The number of anilines is 1. The van der Waals surface area contributed by atoms with Crippen molar-refractivity contribution in [1.29, 1.82) is 0 Å². The SMILES string of the molecule is COc1cncc(CNc2nc(C(=O)N3CCCC3)c3sccc3n2)c1. The molecule has 4 rings (SSSR count). The summed E-state index contributed by atoms with van der Waals surface area (Å²) >= 11 is 1.50. The smallest absolute Gasteiger partial charge is 0.274 e. The Hall–Kier alpha value is -2.74. The van der Waals surface area contributed by atoms with E-state index in [-0.39, 0.29) is 5.91 Å². The number of rotatable bonds is 5. The Bertz CT molecular complexity index is 936. The Morgan fingerprint density at radius 3 is 2.96 bits per heavy atom. The lowest BCUT2D eigenvalue weighted by Gasteiger charge is -2.15. The third kappa shape index (κ3) is 3.32. The minimum atomic E-state index is -0.0107. The number of pyridine rings is 1. The van der Waals surface area contributed by atoms with E-state index in [0.717, 1.165) is 41.7 Å². The van der Waals surface area contributed by atoms with Crippen LogP contribution < -0.4 is 10.1 Å². The molecule has 0 saturated carbocycles. The summed E-state index contributed by atoms with van der Waals surface area (Å²) in [6.45, 7) is 2.10. The Morgan fingerprint density at radius 2 is 2.15 bits per heavy atom. The Labute approximate surface area is 155 Å². The van der Waals surface area contributed by atoms with Gasteiger partial charge in [-0.05, 0) is 35.9 Å². The van der Waals surface area contributed by atoms with E-state index in [4.69, 9.17) is 4.74 Å². The van der Waals surface area contributed by atoms with Crippen molar-refractivity contribution in [1.82, 2.24) is 19.9 Å². The molecule has 0 radical (unpaired) electrons. The summed E-state index contributed by atoms with van der Waals surface area (Å²) in [7, 11) is 1.61. The average molecular weight is 369 g/mol. The molecule has 134 valence electrons. The second-order valence-corrected chi connectivity index (χ2v) is 7.03. The lowest BCUT2D eigenvalue weighted by molar-refractivity contribution is 0.0789. The lowest BCUT2D eigenvalue weighted by Crippen LogP contribution is -2.28. The highest BCUT2D eigenvalue weighted by Gasteiger charge is 2.24. The van der Waals surface area contributed by atoms with Crippen molar-refractivity contribution >= 4 is 33.4 Å². The van der Waals surface area contributed by atoms with E-state index in [2.05, 4.69) is 20.3 Å². The molecule has 8 heteroatoms. The van der Waals surface area contributed by atoms with Crippen LogP contribution in [0.2, 0.25) is 0 Å². The molecule has 1 saturated heterocycles. The van der Waals surface area contributed by atoms with Gasteiger partial charge in [0.15, 0.2) is 5.69 Å². The van der Waals surface area contributed by atoms with Gasteiger partial charge in [-0.15, -0.1) is 11.3 Å². The molecule has 1 N–H and O–H groups in total. The molecule has 3 aromatic rings. The molecule has 4 heterocycles. The highest BCUT2D eigenvalue weighted by atomic mass is 32.1. The van der Waals surface area contributed by atoms with E-state index in [1.165, 1.54) is 11.3 Å². The van der Waals surface area contributed by atoms with Gasteiger partial charge in [0, 0.05) is 25.8 Å². The maximum Gasteiger partial charge on any atom is 0.274 e. The van der Waals surface area contributed by atoms with Crippen molar-refractivity contribution in [2.24, 2.45) is 0 Å². The van der Waals surface area contributed by atoms with E-state index in [0.29, 0.717) is 23.9 Å². The molecule has 0 aliphatic carbocycles. The van der Waals surface area contributed by atoms with Crippen molar-refractivity contribution < 1.29 is 9.53 Å². The minimum absolute atomic E-state index is 0.0107. The largest absolute Gasteiger partial charge is 0.495 e. The number of hydrogen-bond acceptors (Lipinski definition) is 7. The number of hydrogen-bond donors (Lipinski definition) is 1. The maximum atomic E-state index is 12.9. The first-order valence-corrected chi connectivity index (χ1v) is 9.39. The summed E-state index contributed by atoms with van der Waals surface area (Å²) in [5.41, 5.74) is 2.22. The summed E-state index contributed by atoms with van der Waals surface area (Å²) in [5.74, 6) is 1.13. The van der Waals surface area contributed by atoms with E-state index < -0.39 is 0 Å². The van der Waals surface area contributed by atoms with Gasteiger partial charge in [0.2, 0.25) is 5.95 Å². The van der Waals surface area contributed by atoms with Gasteiger partial charge in [0.25, 0.3) is 5.91 Å². The van der Waals surface area contributed by atoms with Crippen LogP contribution in [-0.4, -0.2) is 46.0 Å². The van der Waals surface area contributed by atoms with Crippen molar-refractivity contribution in [3.8, 4) is 5.75 Å². The van der Waals surface area contributed by atoms with Crippen LogP contribution >= 0.6 is 11.3 Å². The monoisotopic (exact) mass is 369 g/mol. The first kappa shape index (κ1) is 16.7. The third-order valence-corrected chi connectivity index (χ3v) is 5.27. The van der Waals surface area contributed by atoms with Crippen molar-refractivity contribution in [3.63, 3.8) is 0 Å². The first-order chi connectivity index (χ1) is 12.7. The van der Waals surface area contributed by atoms with Gasteiger partial charge in [-0.25, -0.2) is 9.97 Å². The molecular weight excluding hydrogens is 350 g/mol. The molecule has 26 heavy (non-hydrogen) atoms. The fourth-order valence-electron chi connectivity index (χ4n) is 3.01. The zero-order valence-electron chi connectivity index (χ0n) is 14.4. The molecule has 1 aliphatic rings. The molecule has 0 spiro atoms. The van der Waals surface area contributed by atoms with Gasteiger partial charge < -0.3 is 15.0 Å². The van der Waals surface area contributed by atoms with Crippen LogP contribution in [0.1, 0.15) is 28.9 Å². The molecule has 0 bridgehead atoms. The van der Waals surface area contributed by atoms with Crippen LogP contribution in [0, 0.1) is 0 Å². The Kier molecular flexibility index (Phi) is 4.66. The molecule has 1 aliphatic heterocycles. The maximum absolute atomic E-state index is 12.9. The van der Waals surface area contributed by atoms with Crippen molar-refractivity contribution in [2.75, 3.05) is 25.5 Å². The summed E-state index contributed by atoms with van der Waals surface area (Å²) in [5, 5.41) is 5.14. The van der Waals surface area contributed by atoms with Crippen molar-refractivity contribution in [2.45, 2.75) is 19.4 Å². The van der Waals surface area contributed by atoms with Crippen LogP contribution in [0.5, 0.6) is 5.75 Å². The van der Waals surface area contributed by atoms with Crippen LogP contribution in [0.4, 0.5) is 5.95 Å². The Morgan fingerprint density at radius 1 is 1.31 bits per heavy atom. The lowest BCUT2D eigenvalue weighted by atomic mass is 10.3. The van der Waals surface area contributed by atoms with Crippen LogP contribution in [-0.2, 0) is 6.54 Å². The molecule has 0 atom stereocenters. The van der Waals surface area contributed by atoms with Gasteiger partial charge in [-0.2, -0.15) is 0 Å². The van der Waals surface area contributed by atoms with Crippen LogP contribution in [0.25, 0.3) is 10.2 Å². The van der Waals surface area contributed by atoms with Gasteiger partial charge in [0.1, 0.15) is 5.75 Å². The number of thiophene rings is 1. The average Bonchev–Trinajstić information content (AvgIpc) is 3.37. The minimum Gasteiger partial charge on any atom is -0.495 e. The zero-order chi connectivity index (χ0) is 17.9. The molecule has 0 unspecified atom stereocenters. The van der Waals surface area contributed by atoms with Crippen LogP contribution in [0.3, 0.4) is 0 Å². The van der Waals surface area contributed by atoms with Gasteiger partial charge in [-0.3, -0.25) is 9.78 Å². The second-order valence-electron chi connectivity index (χ2n) is 6.12. The Balaban J connectivity index is 1.60. The predicted molar refractivity (Wildman–Crippen MR) is 101 cm³/mol. The van der Waals surface area contributed by atoms with Crippen LogP contribution in [0.15, 0.2) is 29.9 Å². The third-order valence-electron chi connectivity index (χ3n) is 4.36. The quantitative estimate of drug-likeness (QED) is 0.745. The molecule has 7 nitrogen and oxygen atoms in total. The molecule has 1 amide bonds. The fourth-order valence-corrected chi connectivity index (χ4v) is 3.82. The number of carbonyl (C=O) groups is 1. The normalized spacial score (nSPS) is 14.0. The van der Waals surface area contributed by atoms with E-state index in [1.807, 2.05) is 22.4 Å². The molecule has 3 aromatic heterocycles. The van der Waals surface area contributed by atoms with E-state index in [9.17, 15) is 4.79 Å². The summed E-state index contributed by atoms with van der Waals surface area (Å²) < 4.78 is 6.03. The number of nitrogens with one attached hydrogen (secondary N) is 1. The van der Waals surface area contributed by atoms with E-state index >= 15 is 0 Å². The highest BCUT2D eigenvalue weighted by Crippen LogP contribution is 2.26. The number of ether oxygens (including phenoxy) is 1. The topological polar surface area (TPSA) is 80.2 Å². The highest BCUT2D eigenvalue weighted by molar-refractivity contribution is 7.17. The summed E-state index contributed by atoms with van der Waals surface area (Å²) in [6, 6.07) is 3.82. The van der Waals surface area contributed by atoms with Crippen molar-refractivity contribution in [3.05, 3.63) is 41.2 Å².